The molecule has 1 saturated carbocycles. The van der Waals surface area contributed by atoms with Crippen molar-refractivity contribution in [1.82, 2.24) is 21.3 Å². The topological polar surface area (TPSA) is 220 Å². The summed E-state index contributed by atoms with van der Waals surface area (Å²) in [6, 6.07) is 12.8. The Bertz CT molecular complexity index is 1660. The summed E-state index contributed by atoms with van der Waals surface area (Å²) in [6.07, 6.45) is 10.0. The standard InChI is InChI=1S/C42H56N6O7/c43-23-9-7-15-32-27-33(49)21-22-37(50)46-34(39(44)52)16-8-10-24-45-41(54)35(48-42(55)36(47-40(32)53)25-28-11-3-1-4-12-28)26-29-17-19-31(20-18-29)38(51)30-13-5-2-6-14-30/h2,5-6,13-14,17-22,28,32,34-36H,1,3-4,7-12,15-16,23-27,43H2,(H2,44,52)(H,45,54)(H,46,50)(H,47,53)(H,48,55)/b22-21+/t32-,34?,35-,36+/m1/s1. The van der Waals surface area contributed by atoms with Gasteiger partial charge in [-0.3, -0.25) is 33.6 Å². The van der Waals surface area contributed by atoms with Crippen LogP contribution in [-0.2, 0) is 35.2 Å². The van der Waals surface area contributed by atoms with Crippen LogP contribution in [0.25, 0.3) is 0 Å². The van der Waals surface area contributed by atoms with E-state index in [2.05, 4.69) is 21.3 Å². The maximum absolute atomic E-state index is 14.2. The molecule has 1 fully saturated rings. The van der Waals surface area contributed by atoms with E-state index in [1.165, 1.54) is 0 Å². The summed E-state index contributed by atoms with van der Waals surface area (Å²) < 4.78 is 0. The number of nitrogens with two attached hydrogens (primary N) is 2. The number of carbonyl (C=O) groups is 7. The second-order valence-corrected chi connectivity index (χ2v) is 14.7. The van der Waals surface area contributed by atoms with Gasteiger partial charge in [-0.15, -0.1) is 0 Å². The minimum absolute atomic E-state index is 0.111. The van der Waals surface area contributed by atoms with Gasteiger partial charge >= 0.3 is 0 Å². The molecule has 8 N–H and O–H groups in total. The predicted octanol–water partition coefficient (Wildman–Crippen LogP) is 2.93. The number of amides is 5. The molecule has 4 rings (SSSR count). The molecule has 5 amide bonds. The molecule has 2 aliphatic rings. The number of hydrogen-bond donors (Lipinski definition) is 6. The van der Waals surface area contributed by atoms with Crippen molar-refractivity contribution < 1.29 is 33.6 Å². The van der Waals surface area contributed by atoms with Gasteiger partial charge in [-0.05, 0) is 62.6 Å². The van der Waals surface area contributed by atoms with Crippen LogP contribution in [0.2, 0.25) is 0 Å². The normalized spacial score (nSPS) is 23.4. The molecule has 1 aliphatic carbocycles. The van der Waals surface area contributed by atoms with Gasteiger partial charge in [0.15, 0.2) is 11.6 Å². The van der Waals surface area contributed by atoms with Crippen LogP contribution in [0.15, 0.2) is 66.7 Å². The van der Waals surface area contributed by atoms with Crippen molar-refractivity contribution >= 4 is 41.1 Å². The van der Waals surface area contributed by atoms with E-state index >= 15 is 0 Å². The maximum atomic E-state index is 14.2. The lowest BCUT2D eigenvalue weighted by atomic mass is 9.84. The summed E-state index contributed by atoms with van der Waals surface area (Å²) in [5.41, 5.74) is 13.0. The Hall–Kier alpha value is -5.17. The SMILES string of the molecule is NCCCC[C@@H]1CC(=O)/C=C/C(=O)NC(C(N)=O)CCCCNC(=O)[C@@H](Cc2ccc(C(=O)c3ccccc3)cc2)NC(=O)[C@H](CC2CCCCC2)NC1=O. The fourth-order valence-corrected chi connectivity index (χ4v) is 7.20. The third-order valence-electron chi connectivity index (χ3n) is 10.4. The second-order valence-electron chi connectivity index (χ2n) is 14.7. The molecular weight excluding hydrogens is 700 g/mol. The number of rotatable bonds is 11. The fraction of sp³-hybridized carbons (Fsp3) is 0.500. The van der Waals surface area contributed by atoms with E-state index in [0.717, 1.165) is 44.3 Å². The molecule has 1 unspecified atom stereocenters. The molecule has 13 nitrogen and oxygen atoms in total. The highest BCUT2D eigenvalue weighted by molar-refractivity contribution is 6.09. The van der Waals surface area contributed by atoms with Gasteiger partial charge in [0.1, 0.15) is 18.1 Å². The fourth-order valence-electron chi connectivity index (χ4n) is 7.20. The highest BCUT2D eigenvalue weighted by atomic mass is 16.2. The summed E-state index contributed by atoms with van der Waals surface area (Å²) in [4.78, 5) is 92.6. The molecule has 13 heteroatoms. The third-order valence-corrected chi connectivity index (χ3v) is 10.4. The van der Waals surface area contributed by atoms with Crippen LogP contribution in [0.1, 0.15) is 105 Å². The quantitative estimate of drug-likeness (QED) is 0.148. The van der Waals surface area contributed by atoms with Gasteiger partial charge in [0.05, 0.1) is 0 Å². The number of hydrogen-bond acceptors (Lipinski definition) is 8. The Labute approximate surface area is 323 Å². The molecule has 0 spiro atoms. The van der Waals surface area contributed by atoms with E-state index < -0.39 is 59.4 Å². The largest absolute Gasteiger partial charge is 0.368 e. The number of allylic oxidation sites excluding steroid dienone is 1. The van der Waals surface area contributed by atoms with E-state index in [1.807, 2.05) is 6.07 Å². The number of nitrogens with one attached hydrogen (secondary N) is 4. The molecule has 0 radical (unpaired) electrons. The van der Waals surface area contributed by atoms with Crippen LogP contribution in [-0.4, -0.2) is 72.3 Å². The number of benzene rings is 2. The van der Waals surface area contributed by atoms with Crippen LogP contribution in [0.4, 0.5) is 0 Å². The van der Waals surface area contributed by atoms with Crippen LogP contribution in [0.5, 0.6) is 0 Å². The average molecular weight is 757 g/mol. The van der Waals surface area contributed by atoms with Crippen molar-refractivity contribution in [3.05, 3.63) is 83.4 Å². The first kappa shape index (κ1) is 42.6. The first-order valence-corrected chi connectivity index (χ1v) is 19.6. The smallest absolute Gasteiger partial charge is 0.244 e. The average Bonchev–Trinajstić information content (AvgIpc) is 3.18. The first-order valence-electron chi connectivity index (χ1n) is 19.6. The van der Waals surface area contributed by atoms with Gasteiger partial charge in [0.2, 0.25) is 29.5 Å². The molecule has 0 saturated heterocycles. The Kier molecular flexibility index (Phi) is 17.2. The third kappa shape index (κ3) is 14.2. The van der Waals surface area contributed by atoms with Crippen LogP contribution >= 0.6 is 0 Å². The Morgan fingerprint density at radius 1 is 0.691 bits per heavy atom. The van der Waals surface area contributed by atoms with Crippen molar-refractivity contribution in [3.63, 3.8) is 0 Å². The van der Waals surface area contributed by atoms with Gasteiger partial charge in [0.25, 0.3) is 0 Å². The molecule has 55 heavy (non-hydrogen) atoms. The summed E-state index contributed by atoms with van der Waals surface area (Å²) in [5, 5.41) is 11.3. The molecule has 1 aliphatic heterocycles. The molecule has 4 atom stereocenters. The number of ketones is 2. The van der Waals surface area contributed by atoms with Gasteiger partial charge in [0, 0.05) is 42.5 Å². The minimum Gasteiger partial charge on any atom is -0.368 e. The first-order chi connectivity index (χ1) is 26.5. The van der Waals surface area contributed by atoms with Crippen molar-refractivity contribution in [3.8, 4) is 0 Å². The molecule has 0 aromatic heterocycles. The molecule has 296 valence electrons. The van der Waals surface area contributed by atoms with Gasteiger partial charge in [-0.1, -0.05) is 93.1 Å². The van der Waals surface area contributed by atoms with Crippen LogP contribution < -0.4 is 32.7 Å². The molecule has 2 aromatic rings. The van der Waals surface area contributed by atoms with Gasteiger partial charge in [-0.2, -0.15) is 0 Å². The van der Waals surface area contributed by atoms with Crippen molar-refractivity contribution in [1.29, 1.82) is 0 Å². The van der Waals surface area contributed by atoms with Gasteiger partial charge < -0.3 is 32.7 Å². The summed E-state index contributed by atoms with van der Waals surface area (Å²) in [7, 11) is 0. The van der Waals surface area contributed by atoms with E-state index in [1.54, 1.807) is 48.5 Å². The maximum Gasteiger partial charge on any atom is 0.244 e. The van der Waals surface area contributed by atoms with Crippen molar-refractivity contribution in [2.24, 2.45) is 23.3 Å². The molecule has 2 aromatic carbocycles. The van der Waals surface area contributed by atoms with E-state index in [0.29, 0.717) is 61.8 Å². The zero-order chi connectivity index (χ0) is 39.6. The zero-order valence-corrected chi connectivity index (χ0v) is 31.6. The van der Waals surface area contributed by atoms with Crippen molar-refractivity contribution in [2.75, 3.05) is 13.1 Å². The summed E-state index contributed by atoms with van der Waals surface area (Å²) >= 11 is 0. The van der Waals surface area contributed by atoms with Gasteiger partial charge in [-0.25, -0.2) is 0 Å². The monoisotopic (exact) mass is 756 g/mol. The molecule has 0 bridgehead atoms. The lowest BCUT2D eigenvalue weighted by molar-refractivity contribution is -0.134. The highest BCUT2D eigenvalue weighted by Crippen LogP contribution is 2.28. The minimum atomic E-state index is -1.02. The lowest BCUT2D eigenvalue weighted by Crippen LogP contribution is -2.55. The van der Waals surface area contributed by atoms with Crippen molar-refractivity contribution in [2.45, 2.75) is 108 Å². The van der Waals surface area contributed by atoms with E-state index in [-0.39, 0.29) is 37.5 Å². The summed E-state index contributed by atoms with van der Waals surface area (Å²) in [5.74, 6) is -4.03. The Morgan fingerprint density at radius 2 is 1.36 bits per heavy atom. The van der Waals surface area contributed by atoms with E-state index in [4.69, 9.17) is 11.5 Å². The van der Waals surface area contributed by atoms with Crippen LogP contribution in [0.3, 0.4) is 0 Å². The predicted molar refractivity (Wildman–Crippen MR) is 208 cm³/mol. The number of primary amides is 1. The second kappa shape index (κ2) is 22.3. The molecule has 1 heterocycles. The number of unbranched alkanes of at least 4 members (excludes halogenated alkanes) is 1. The van der Waals surface area contributed by atoms with E-state index in [9.17, 15) is 33.6 Å². The highest BCUT2D eigenvalue weighted by Gasteiger charge is 2.32. The lowest BCUT2D eigenvalue weighted by Gasteiger charge is -2.29. The number of carbonyl (C=O) groups excluding carboxylic acids is 7. The zero-order valence-electron chi connectivity index (χ0n) is 31.6. The Morgan fingerprint density at radius 3 is 2.05 bits per heavy atom. The molecular formula is C42H56N6O7. The van der Waals surface area contributed by atoms with Crippen LogP contribution in [0, 0.1) is 11.8 Å². The Balaban J connectivity index is 1.61. The summed E-state index contributed by atoms with van der Waals surface area (Å²) in [6.45, 7) is 0.627.